The summed E-state index contributed by atoms with van der Waals surface area (Å²) < 4.78 is 0. The zero-order valence-corrected chi connectivity index (χ0v) is 13.1. The van der Waals surface area contributed by atoms with Crippen molar-refractivity contribution in [2.24, 2.45) is 11.7 Å². The average Bonchev–Trinajstić information content (AvgIpc) is 2.53. The van der Waals surface area contributed by atoms with E-state index in [-0.39, 0.29) is 0 Å². The van der Waals surface area contributed by atoms with Crippen LogP contribution in [-0.2, 0) is 0 Å². The lowest BCUT2D eigenvalue weighted by Crippen LogP contribution is -2.21. The number of allylic oxidation sites excluding steroid dienone is 2. The average molecular weight is 276 g/mol. The van der Waals surface area contributed by atoms with Gasteiger partial charge in [0.05, 0.1) is 0 Å². The first-order valence-corrected chi connectivity index (χ1v) is 8.82. The Morgan fingerprint density at radius 3 is 2.25 bits per heavy atom. The van der Waals surface area contributed by atoms with Crippen molar-refractivity contribution in [3.8, 4) is 0 Å². The lowest BCUT2D eigenvalue weighted by atomic mass is 9.78. The Kier molecular flexibility index (Phi) is 6.78. The molecule has 0 aromatic rings. The molecule has 20 heavy (non-hydrogen) atoms. The summed E-state index contributed by atoms with van der Waals surface area (Å²) in [5, 5.41) is 8.72. The Hall–Kier alpha value is -0.630. The second kappa shape index (κ2) is 8.61. The summed E-state index contributed by atoms with van der Waals surface area (Å²) in [5.41, 5.74) is 9.73. The number of hydrogen-bond acceptors (Lipinski definition) is 2. The summed E-state index contributed by atoms with van der Waals surface area (Å²) in [5.74, 6) is 0.561. The molecule has 0 aromatic carbocycles. The van der Waals surface area contributed by atoms with E-state index in [1.54, 1.807) is 5.57 Å². The lowest BCUT2D eigenvalue weighted by molar-refractivity contribution is 0.437. The van der Waals surface area contributed by atoms with E-state index in [4.69, 9.17) is 11.1 Å². The number of hydrogen-bond donors (Lipinski definition) is 2. The molecule has 2 aliphatic carbocycles. The van der Waals surface area contributed by atoms with Gasteiger partial charge in [-0.15, -0.1) is 0 Å². The molecule has 0 saturated heterocycles. The first-order valence-electron chi connectivity index (χ1n) is 8.82. The van der Waals surface area contributed by atoms with Gasteiger partial charge in [0.15, 0.2) is 0 Å². The van der Waals surface area contributed by atoms with Crippen molar-refractivity contribution < 1.29 is 0 Å². The molecule has 3 N–H and O–H groups in total. The van der Waals surface area contributed by atoms with Gasteiger partial charge in [0.1, 0.15) is 0 Å². The van der Waals surface area contributed by atoms with Gasteiger partial charge in [0, 0.05) is 11.6 Å². The molecule has 0 amide bonds. The van der Waals surface area contributed by atoms with Crippen LogP contribution >= 0.6 is 0 Å². The maximum Gasteiger partial charge on any atom is 0.0376 e. The minimum atomic E-state index is 0.561. The molecule has 2 rings (SSSR count). The van der Waals surface area contributed by atoms with Crippen LogP contribution < -0.4 is 5.73 Å². The van der Waals surface area contributed by atoms with Gasteiger partial charge >= 0.3 is 0 Å². The van der Waals surface area contributed by atoms with Crippen molar-refractivity contribution in [3.63, 3.8) is 0 Å². The highest BCUT2D eigenvalue weighted by Gasteiger charge is 2.23. The minimum absolute atomic E-state index is 0.561. The summed E-state index contributed by atoms with van der Waals surface area (Å²) >= 11 is 0. The van der Waals surface area contributed by atoms with E-state index in [1.807, 2.05) is 0 Å². The Bertz CT molecular complexity index is 329. The van der Waals surface area contributed by atoms with Crippen LogP contribution in [0.1, 0.15) is 83.5 Å². The Labute approximate surface area is 124 Å². The molecule has 0 spiro atoms. The summed E-state index contributed by atoms with van der Waals surface area (Å²) in [6, 6.07) is 0. The highest BCUT2D eigenvalue weighted by atomic mass is 14.5. The van der Waals surface area contributed by atoms with Gasteiger partial charge < -0.3 is 11.1 Å². The SMILES string of the molecule is N=C(C(CCCCN)=C1CCCCC1)C1CCCCC1. The van der Waals surface area contributed by atoms with Crippen LogP contribution in [0.25, 0.3) is 0 Å². The Balaban J connectivity index is 2.05. The van der Waals surface area contributed by atoms with Crippen LogP contribution in [0, 0.1) is 11.3 Å². The quantitative estimate of drug-likeness (QED) is 0.522. The van der Waals surface area contributed by atoms with Crippen molar-refractivity contribution >= 4 is 5.71 Å². The van der Waals surface area contributed by atoms with Crippen molar-refractivity contribution in [2.45, 2.75) is 83.5 Å². The molecular formula is C18H32N2. The summed E-state index contributed by atoms with van der Waals surface area (Å²) in [6.07, 6.45) is 16.5. The van der Waals surface area contributed by atoms with Crippen LogP contribution in [0.3, 0.4) is 0 Å². The van der Waals surface area contributed by atoms with Crippen molar-refractivity contribution in [1.29, 1.82) is 5.41 Å². The van der Waals surface area contributed by atoms with E-state index in [2.05, 4.69) is 0 Å². The number of nitrogens with two attached hydrogens (primary N) is 1. The topological polar surface area (TPSA) is 49.9 Å². The van der Waals surface area contributed by atoms with Gasteiger partial charge in [0.2, 0.25) is 0 Å². The zero-order valence-electron chi connectivity index (χ0n) is 13.1. The summed E-state index contributed by atoms with van der Waals surface area (Å²) in [6.45, 7) is 0.791. The van der Waals surface area contributed by atoms with E-state index in [0.717, 1.165) is 25.1 Å². The molecule has 2 nitrogen and oxygen atoms in total. The molecule has 2 aliphatic rings. The van der Waals surface area contributed by atoms with Crippen molar-refractivity contribution in [2.75, 3.05) is 6.54 Å². The van der Waals surface area contributed by atoms with E-state index in [0.29, 0.717) is 5.92 Å². The van der Waals surface area contributed by atoms with Crippen LogP contribution in [0.2, 0.25) is 0 Å². The van der Waals surface area contributed by atoms with Crippen LogP contribution in [0.4, 0.5) is 0 Å². The van der Waals surface area contributed by atoms with Gasteiger partial charge in [0.25, 0.3) is 0 Å². The number of nitrogens with one attached hydrogen (secondary N) is 1. The molecule has 2 heteroatoms. The summed E-state index contributed by atoms with van der Waals surface area (Å²) in [7, 11) is 0. The third-order valence-electron chi connectivity index (χ3n) is 5.10. The molecule has 0 atom stereocenters. The highest BCUT2D eigenvalue weighted by molar-refractivity contribution is 6.00. The monoisotopic (exact) mass is 276 g/mol. The fourth-order valence-electron chi connectivity index (χ4n) is 3.87. The lowest BCUT2D eigenvalue weighted by Gasteiger charge is -2.27. The smallest absolute Gasteiger partial charge is 0.0376 e. The number of rotatable bonds is 6. The second-order valence-corrected chi connectivity index (χ2v) is 6.64. The van der Waals surface area contributed by atoms with Crippen LogP contribution in [0.15, 0.2) is 11.1 Å². The maximum absolute atomic E-state index is 8.72. The van der Waals surface area contributed by atoms with Gasteiger partial charge in [-0.2, -0.15) is 0 Å². The molecule has 2 saturated carbocycles. The minimum Gasteiger partial charge on any atom is -0.330 e. The molecule has 0 radical (unpaired) electrons. The Morgan fingerprint density at radius 1 is 0.950 bits per heavy atom. The standard InChI is InChI=1S/C18H32N2/c19-14-8-7-13-17(15-9-3-1-4-10-15)18(20)16-11-5-2-6-12-16/h16,20H,1-14,19H2. The fraction of sp³-hybridized carbons (Fsp3) is 0.833. The molecule has 0 aromatic heterocycles. The fourth-order valence-corrected chi connectivity index (χ4v) is 3.87. The molecule has 0 unspecified atom stereocenters. The predicted octanol–water partition coefficient (Wildman–Crippen LogP) is 4.98. The largest absolute Gasteiger partial charge is 0.330 e. The zero-order chi connectivity index (χ0) is 14.2. The molecule has 2 fully saturated rings. The predicted molar refractivity (Wildman–Crippen MR) is 87.3 cm³/mol. The van der Waals surface area contributed by atoms with E-state index in [1.165, 1.54) is 76.2 Å². The third kappa shape index (κ3) is 4.44. The van der Waals surface area contributed by atoms with Crippen molar-refractivity contribution in [3.05, 3.63) is 11.1 Å². The van der Waals surface area contributed by atoms with Crippen LogP contribution in [0.5, 0.6) is 0 Å². The van der Waals surface area contributed by atoms with E-state index < -0.39 is 0 Å². The van der Waals surface area contributed by atoms with Gasteiger partial charge in [-0.05, 0) is 69.9 Å². The van der Waals surface area contributed by atoms with Gasteiger partial charge in [-0.1, -0.05) is 31.3 Å². The second-order valence-electron chi connectivity index (χ2n) is 6.64. The normalized spacial score (nSPS) is 20.9. The highest BCUT2D eigenvalue weighted by Crippen LogP contribution is 2.33. The molecule has 0 aliphatic heterocycles. The van der Waals surface area contributed by atoms with E-state index >= 15 is 0 Å². The molecule has 114 valence electrons. The summed E-state index contributed by atoms with van der Waals surface area (Å²) in [4.78, 5) is 0. The van der Waals surface area contributed by atoms with Gasteiger partial charge in [-0.25, -0.2) is 0 Å². The molecular weight excluding hydrogens is 244 g/mol. The van der Waals surface area contributed by atoms with Crippen molar-refractivity contribution in [1.82, 2.24) is 0 Å². The maximum atomic E-state index is 8.72. The Morgan fingerprint density at radius 2 is 1.60 bits per heavy atom. The third-order valence-corrected chi connectivity index (χ3v) is 5.10. The van der Waals surface area contributed by atoms with Crippen LogP contribution in [-0.4, -0.2) is 12.3 Å². The molecule has 0 bridgehead atoms. The molecule has 0 heterocycles. The van der Waals surface area contributed by atoms with Gasteiger partial charge in [-0.3, -0.25) is 0 Å². The first-order chi connectivity index (χ1) is 9.83. The first kappa shape index (κ1) is 15.8. The van der Waals surface area contributed by atoms with E-state index in [9.17, 15) is 0 Å². The number of unbranched alkanes of at least 4 members (excludes halogenated alkanes) is 1.